The molecular formula is C13H16N2O2S. The molecule has 4 nitrogen and oxygen atoms in total. The van der Waals surface area contributed by atoms with Crippen LogP contribution in [0, 0.1) is 0 Å². The molecule has 1 aromatic rings. The summed E-state index contributed by atoms with van der Waals surface area (Å²) >= 11 is 4.19. The molecular weight excluding hydrogens is 248 g/mol. The van der Waals surface area contributed by atoms with Crippen molar-refractivity contribution < 1.29 is 9.59 Å². The SMILES string of the molecule is CNC(=O)C1CCCN1C(=O)c1ccc(S)cc1. The highest BCUT2D eigenvalue weighted by Crippen LogP contribution is 2.20. The van der Waals surface area contributed by atoms with E-state index < -0.39 is 0 Å². The van der Waals surface area contributed by atoms with Gasteiger partial charge in [0.15, 0.2) is 0 Å². The first-order chi connectivity index (χ1) is 8.63. The van der Waals surface area contributed by atoms with Gasteiger partial charge in [0.25, 0.3) is 5.91 Å². The minimum Gasteiger partial charge on any atom is -0.357 e. The molecule has 1 aliphatic rings. The van der Waals surface area contributed by atoms with Crippen LogP contribution < -0.4 is 5.32 Å². The van der Waals surface area contributed by atoms with Gasteiger partial charge < -0.3 is 10.2 Å². The van der Waals surface area contributed by atoms with E-state index in [1.165, 1.54) is 0 Å². The number of hydrogen-bond acceptors (Lipinski definition) is 3. The number of amides is 2. The fourth-order valence-electron chi connectivity index (χ4n) is 2.22. The van der Waals surface area contributed by atoms with Gasteiger partial charge in [-0.1, -0.05) is 0 Å². The summed E-state index contributed by atoms with van der Waals surface area (Å²) in [5.41, 5.74) is 0.601. The number of likely N-dealkylation sites (tertiary alicyclic amines) is 1. The molecule has 1 N–H and O–H groups in total. The Bertz CT molecular complexity index is 459. The topological polar surface area (TPSA) is 49.4 Å². The van der Waals surface area contributed by atoms with Crippen LogP contribution in [0.15, 0.2) is 29.2 Å². The van der Waals surface area contributed by atoms with Gasteiger partial charge in [0.2, 0.25) is 5.91 Å². The quantitative estimate of drug-likeness (QED) is 0.792. The third-order valence-corrected chi connectivity index (χ3v) is 3.48. The lowest BCUT2D eigenvalue weighted by Crippen LogP contribution is -2.44. The lowest BCUT2D eigenvalue weighted by atomic mass is 10.1. The molecule has 18 heavy (non-hydrogen) atoms. The molecule has 0 spiro atoms. The van der Waals surface area contributed by atoms with Gasteiger partial charge >= 0.3 is 0 Å². The standard InChI is InChI=1S/C13H16N2O2S/c1-14-12(16)11-3-2-8-15(11)13(17)9-4-6-10(18)7-5-9/h4-7,11,18H,2-3,8H2,1H3,(H,14,16). The first-order valence-corrected chi connectivity index (χ1v) is 6.40. The smallest absolute Gasteiger partial charge is 0.254 e. The number of benzene rings is 1. The molecule has 1 fully saturated rings. The Morgan fingerprint density at radius 3 is 2.61 bits per heavy atom. The molecule has 1 unspecified atom stereocenters. The van der Waals surface area contributed by atoms with Crippen LogP contribution in [0.25, 0.3) is 0 Å². The van der Waals surface area contributed by atoms with Gasteiger partial charge in [-0.3, -0.25) is 9.59 Å². The van der Waals surface area contributed by atoms with E-state index in [-0.39, 0.29) is 17.9 Å². The van der Waals surface area contributed by atoms with Crippen LogP contribution in [0.5, 0.6) is 0 Å². The largest absolute Gasteiger partial charge is 0.357 e. The monoisotopic (exact) mass is 264 g/mol. The molecule has 0 radical (unpaired) electrons. The zero-order chi connectivity index (χ0) is 13.1. The van der Waals surface area contributed by atoms with Gasteiger partial charge in [-0.15, -0.1) is 12.6 Å². The van der Waals surface area contributed by atoms with E-state index in [0.29, 0.717) is 12.1 Å². The van der Waals surface area contributed by atoms with Crippen molar-refractivity contribution in [3.63, 3.8) is 0 Å². The van der Waals surface area contributed by atoms with E-state index in [1.807, 2.05) is 0 Å². The van der Waals surface area contributed by atoms with E-state index in [0.717, 1.165) is 17.7 Å². The first-order valence-electron chi connectivity index (χ1n) is 5.95. The molecule has 0 aromatic heterocycles. The fourth-order valence-corrected chi connectivity index (χ4v) is 2.37. The Kier molecular flexibility index (Phi) is 3.91. The summed E-state index contributed by atoms with van der Waals surface area (Å²) < 4.78 is 0. The Balaban J connectivity index is 2.17. The maximum atomic E-state index is 12.3. The predicted molar refractivity (Wildman–Crippen MR) is 71.8 cm³/mol. The fraction of sp³-hybridized carbons (Fsp3) is 0.385. The average Bonchev–Trinajstić information content (AvgIpc) is 2.87. The summed E-state index contributed by atoms with van der Waals surface area (Å²) in [5.74, 6) is -0.180. The number of thiol groups is 1. The Morgan fingerprint density at radius 2 is 2.00 bits per heavy atom. The molecule has 5 heteroatoms. The van der Waals surface area contributed by atoms with Gasteiger partial charge in [-0.2, -0.15) is 0 Å². The van der Waals surface area contributed by atoms with Gasteiger partial charge in [0.1, 0.15) is 6.04 Å². The van der Waals surface area contributed by atoms with E-state index in [2.05, 4.69) is 17.9 Å². The predicted octanol–water partition coefficient (Wildman–Crippen LogP) is 1.33. The number of carbonyl (C=O) groups excluding carboxylic acids is 2. The molecule has 2 rings (SSSR count). The van der Waals surface area contributed by atoms with Crippen molar-refractivity contribution in [1.82, 2.24) is 10.2 Å². The van der Waals surface area contributed by atoms with Crippen LogP contribution in [-0.2, 0) is 4.79 Å². The molecule has 1 atom stereocenters. The number of nitrogens with zero attached hydrogens (tertiary/aromatic N) is 1. The van der Waals surface area contributed by atoms with Crippen molar-refractivity contribution in [2.75, 3.05) is 13.6 Å². The summed E-state index contributed by atoms with van der Waals surface area (Å²) in [5, 5.41) is 2.61. The normalized spacial score (nSPS) is 18.8. The molecule has 1 heterocycles. The second-order valence-corrected chi connectivity index (χ2v) is 4.83. The van der Waals surface area contributed by atoms with Crippen molar-refractivity contribution in [3.05, 3.63) is 29.8 Å². The molecule has 1 aromatic carbocycles. The molecule has 0 saturated carbocycles. The van der Waals surface area contributed by atoms with Crippen molar-refractivity contribution in [2.45, 2.75) is 23.8 Å². The van der Waals surface area contributed by atoms with E-state index in [1.54, 1.807) is 36.2 Å². The van der Waals surface area contributed by atoms with Gasteiger partial charge in [0.05, 0.1) is 0 Å². The Hall–Kier alpha value is -1.49. The number of nitrogens with one attached hydrogen (secondary N) is 1. The van der Waals surface area contributed by atoms with Crippen molar-refractivity contribution in [2.24, 2.45) is 0 Å². The summed E-state index contributed by atoms with van der Waals surface area (Å²) in [6, 6.07) is 6.70. The highest BCUT2D eigenvalue weighted by atomic mass is 32.1. The second kappa shape index (κ2) is 5.44. The minimum atomic E-state index is -0.335. The minimum absolute atomic E-state index is 0.0885. The highest BCUT2D eigenvalue weighted by Gasteiger charge is 2.33. The Labute approximate surface area is 112 Å². The first kappa shape index (κ1) is 13.0. The van der Waals surface area contributed by atoms with Gasteiger partial charge in [-0.25, -0.2) is 0 Å². The third-order valence-electron chi connectivity index (χ3n) is 3.18. The summed E-state index contributed by atoms with van der Waals surface area (Å²) in [4.78, 5) is 26.5. The number of rotatable bonds is 2. The average molecular weight is 264 g/mol. The van der Waals surface area contributed by atoms with E-state index >= 15 is 0 Å². The van der Waals surface area contributed by atoms with Crippen molar-refractivity contribution in [3.8, 4) is 0 Å². The van der Waals surface area contributed by atoms with Crippen LogP contribution in [0.1, 0.15) is 23.2 Å². The second-order valence-electron chi connectivity index (χ2n) is 4.32. The summed E-state index contributed by atoms with van der Waals surface area (Å²) in [6.07, 6.45) is 1.60. The van der Waals surface area contributed by atoms with Crippen LogP contribution in [0.2, 0.25) is 0 Å². The molecule has 1 saturated heterocycles. The van der Waals surface area contributed by atoms with Crippen LogP contribution in [0.4, 0.5) is 0 Å². The third kappa shape index (κ3) is 2.51. The van der Waals surface area contributed by atoms with Crippen molar-refractivity contribution >= 4 is 24.4 Å². The zero-order valence-corrected chi connectivity index (χ0v) is 11.1. The number of hydrogen-bond donors (Lipinski definition) is 2. The molecule has 1 aliphatic heterocycles. The maximum Gasteiger partial charge on any atom is 0.254 e. The zero-order valence-electron chi connectivity index (χ0n) is 10.2. The molecule has 0 aliphatic carbocycles. The summed E-state index contributed by atoms with van der Waals surface area (Å²) in [7, 11) is 1.60. The summed E-state index contributed by atoms with van der Waals surface area (Å²) in [6.45, 7) is 0.638. The lowest BCUT2D eigenvalue weighted by Gasteiger charge is -2.23. The number of carbonyl (C=O) groups is 2. The highest BCUT2D eigenvalue weighted by molar-refractivity contribution is 7.80. The molecule has 2 amide bonds. The van der Waals surface area contributed by atoms with Crippen LogP contribution in [0.3, 0.4) is 0 Å². The van der Waals surface area contributed by atoms with E-state index in [9.17, 15) is 9.59 Å². The maximum absolute atomic E-state index is 12.3. The van der Waals surface area contributed by atoms with Gasteiger partial charge in [-0.05, 0) is 37.1 Å². The van der Waals surface area contributed by atoms with Crippen molar-refractivity contribution in [1.29, 1.82) is 0 Å². The van der Waals surface area contributed by atoms with Crippen LogP contribution in [-0.4, -0.2) is 36.3 Å². The number of likely N-dealkylation sites (N-methyl/N-ethyl adjacent to an activating group) is 1. The molecule has 0 bridgehead atoms. The lowest BCUT2D eigenvalue weighted by molar-refractivity contribution is -0.124. The van der Waals surface area contributed by atoms with Crippen LogP contribution >= 0.6 is 12.6 Å². The van der Waals surface area contributed by atoms with E-state index in [4.69, 9.17) is 0 Å². The Morgan fingerprint density at radius 1 is 1.33 bits per heavy atom. The van der Waals surface area contributed by atoms with Gasteiger partial charge in [0, 0.05) is 24.1 Å². The molecule has 96 valence electrons.